The first-order chi connectivity index (χ1) is 6.56. The Hall–Kier alpha value is -0.840. The topological polar surface area (TPSA) is 55.5 Å². The molecule has 0 aromatic heterocycles. The lowest BCUT2D eigenvalue weighted by Gasteiger charge is -2.16. The predicted octanol–water partition coefficient (Wildman–Crippen LogP) is 1.64. The van der Waals surface area contributed by atoms with E-state index in [0.717, 1.165) is 0 Å². The average molecular weight is 236 g/mol. The van der Waals surface area contributed by atoms with Crippen molar-refractivity contribution in [2.75, 3.05) is 7.11 Å². The van der Waals surface area contributed by atoms with E-state index < -0.39 is 18.0 Å². The van der Waals surface area contributed by atoms with E-state index in [9.17, 15) is 9.50 Å². The Labute approximate surface area is 94.5 Å². The second kappa shape index (κ2) is 5.90. The number of aliphatic hydroxyl groups is 1. The van der Waals surface area contributed by atoms with E-state index in [4.69, 9.17) is 10.5 Å². The zero-order valence-corrected chi connectivity index (χ0v) is 9.42. The summed E-state index contributed by atoms with van der Waals surface area (Å²) < 4.78 is 18.2. The number of methoxy groups -OCH3 is 1. The minimum Gasteiger partial charge on any atom is -0.497 e. The molecular weight excluding hydrogens is 221 g/mol. The molecule has 5 heteroatoms. The van der Waals surface area contributed by atoms with E-state index in [2.05, 4.69) is 0 Å². The quantitative estimate of drug-likeness (QED) is 0.838. The molecule has 1 aromatic rings. The van der Waals surface area contributed by atoms with Crippen molar-refractivity contribution in [1.82, 2.24) is 0 Å². The van der Waals surface area contributed by atoms with E-state index >= 15 is 0 Å². The van der Waals surface area contributed by atoms with Gasteiger partial charge < -0.3 is 15.6 Å². The van der Waals surface area contributed by atoms with Crippen molar-refractivity contribution >= 4 is 12.4 Å². The Morgan fingerprint density at radius 3 is 2.53 bits per heavy atom. The maximum absolute atomic E-state index is 13.3. The monoisotopic (exact) mass is 235 g/mol. The molecule has 2 atom stereocenters. The van der Waals surface area contributed by atoms with E-state index in [-0.39, 0.29) is 18.0 Å². The van der Waals surface area contributed by atoms with Crippen molar-refractivity contribution in [2.24, 2.45) is 5.73 Å². The average Bonchev–Trinajstić information content (AvgIpc) is 2.17. The third-order valence-corrected chi connectivity index (χ3v) is 2.08. The van der Waals surface area contributed by atoms with Gasteiger partial charge >= 0.3 is 0 Å². The Kier molecular flexibility index (Phi) is 5.57. The number of ether oxygens (including phenoxy) is 1. The Morgan fingerprint density at radius 2 is 2.07 bits per heavy atom. The molecule has 0 amide bonds. The minimum atomic E-state index is -0.795. The number of halogens is 2. The van der Waals surface area contributed by atoms with E-state index in [1.807, 2.05) is 0 Å². The van der Waals surface area contributed by atoms with Crippen LogP contribution in [0.3, 0.4) is 0 Å². The van der Waals surface area contributed by atoms with Crippen LogP contribution in [0.15, 0.2) is 18.2 Å². The molecule has 0 aliphatic carbocycles. The molecule has 86 valence electrons. The van der Waals surface area contributed by atoms with Gasteiger partial charge in [-0.1, -0.05) is 0 Å². The molecule has 0 saturated heterocycles. The van der Waals surface area contributed by atoms with Gasteiger partial charge in [0.25, 0.3) is 0 Å². The zero-order chi connectivity index (χ0) is 10.7. The van der Waals surface area contributed by atoms with Gasteiger partial charge in [0.2, 0.25) is 0 Å². The fourth-order valence-electron chi connectivity index (χ4n) is 1.16. The summed E-state index contributed by atoms with van der Waals surface area (Å²) in [7, 11) is 1.49. The highest BCUT2D eigenvalue weighted by atomic mass is 35.5. The molecule has 0 radical (unpaired) electrons. The van der Waals surface area contributed by atoms with Gasteiger partial charge in [0.15, 0.2) is 0 Å². The molecule has 0 bridgehead atoms. The summed E-state index contributed by atoms with van der Waals surface area (Å²) in [6.45, 7) is 1.52. The van der Waals surface area contributed by atoms with Gasteiger partial charge in [-0.2, -0.15) is 0 Å². The van der Waals surface area contributed by atoms with Crippen LogP contribution in [0.5, 0.6) is 5.75 Å². The molecule has 1 aromatic carbocycles. The highest BCUT2D eigenvalue weighted by Gasteiger charge is 2.16. The van der Waals surface area contributed by atoms with Crippen LogP contribution in [0.25, 0.3) is 0 Å². The van der Waals surface area contributed by atoms with Crippen LogP contribution in [0.4, 0.5) is 4.39 Å². The standard InChI is InChI=1S/C10H14FNO2.ClH/c1-6(13)10(12)8-5-7(14-2)3-4-9(8)11;/h3-6,10,13H,12H2,1-2H3;1H/t6-,10-;/m1./s1. The van der Waals surface area contributed by atoms with E-state index in [1.54, 1.807) is 0 Å². The highest BCUT2D eigenvalue weighted by Crippen LogP contribution is 2.23. The van der Waals surface area contributed by atoms with Crippen LogP contribution in [0, 0.1) is 5.82 Å². The maximum atomic E-state index is 13.3. The van der Waals surface area contributed by atoms with Crippen molar-refractivity contribution in [1.29, 1.82) is 0 Å². The molecular formula is C10H15ClFNO2. The second-order valence-electron chi connectivity index (χ2n) is 3.15. The SMILES string of the molecule is COc1ccc(F)c([C@H](N)[C@@H](C)O)c1.Cl. The molecule has 0 heterocycles. The molecule has 0 unspecified atom stereocenters. The lowest BCUT2D eigenvalue weighted by molar-refractivity contribution is 0.162. The normalized spacial score (nSPS) is 13.9. The molecule has 3 nitrogen and oxygen atoms in total. The van der Waals surface area contributed by atoms with Gasteiger partial charge in [-0.15, -0.1) is 12.4 Å². The van der Waals surface area contributed by atoms with Crippen LogP contribution in [0.2, 0.25) is 0 Å². The van der Waals surface area contributed by atoms with Gasteiger partial charge in [0.1, 0.15) is 11.6 Å². The Bertz CT molecular complexity index is 320. The summed E-state index contributed by atoms with van der Waals surface area (Å²) in [6.07, 6.45) is -0.795. The first kappa shape index (κ1) is 14.2. The minimum absolute atomic E-state index is 0. The number of hydrogen-bond acceptors (Lipinski definition) is 3. The Morgan fingerprint density at radius 1 is 1.47 bits per heavy atom. The summed E-state index contributed by atoms with van der Waals surface area (Å²) in [5, 5.41) is 9.23. The van der Waals surface area contributed by atoms with Crippen LogP contribution < -0.4 is 10.5 Å². The van der Waals surface area contributed by atoms with Crippen molar-refractivity contribution in [3.8, 4) is 5.75 Å². The largest absolute Gasteiger partial charge is 0.497 e. The molecule has 0 aliphatic heterocycles. The molecule has 0 fully saturated rings. The third kappa shape index (κ3) is 3.34. The number of rotatable bonds is 3. The summed E-state index contributed by atoms with van der Waals surface area (Å²) in [4.78, 5) is 0. The van der Waals surface area contributed by atoms with Crippen LogP contribution in [0.1, 0.15) is 18.5 Å². The smallest absolute Gasteiger partial charge is 0.128 e. The van der Waals surface area contributed by atoms with Gasteiger partial charge in [-0.3, -0.25) is 0 Å². The van der Waals surface area contributed by atoms with Crippen LogP contribution >= 0.6 is 12.4 Å². The summed E-state index contributed by atoms with van der Waals surface area (Å²) in [5.41, 5.74) is 5.88. The lowest BCUT2D eigenvalue weighted by atomic mass is 10.0. The lowest BCUT2D eigenvalue weighted by Crippen LogP contribution is -2.24. The molecule has 0 saturated carbocycles. The van der Waals surface area contributed by atoms with Crippen molar-refractivity contribution in [2.45, 2.75) is 19.1 Å². The predicted molar refractivity (Wildman–Crippen MR) is 58.8 cm³/mol. The zero-order valence-electron chi connectivity index (χ0n) is 8.61. The van der Waals surface area contributed by atoms with E-state index in [0.29, 0.717) is 5.75 Å². The number of nitrogens with two attached hydrogens (primary N) is 1. The first-order valence-electron chi connectivity index (χ1n) is 4.33. The second-order valence-corrected chi connectivity index (χ2v) is 3.15. The van der Waals surface area contributed by atoms with Crippen molar-refractivity contribution < 1.29 is 14.2 Å². The molecule has 0 aliphatic rings. The molecule has 15 heavy (non-hydrogen) atoms. The van der Waals surface area contributed by atoms with Crippen LogP contribution in [-0.2, 0) is 0 Å². The highest BCUT2D eigenvalue weighted by molar-refractivity contribution is 5.85. The molecule has 0 spiro atoms. The van der Waals surface area contributed by atoms with Crippen molar-refractivity contribution in [3.63, 3.8) is 0 Å². The third-order valence-electron chi connectivity index (χ3n) is 2.08. The van der Waals surface area contributed by atoms with E-state index in [1.165, 1.54) is 32.2 Å². The fraction of sp³-hybridized carbons (Fsp3) is 0.400. The number of benzene rings is 1. The summed E-state index contributed by atoms with van der Waals surface area (Å²) >= 11 is 0. The molecule has 1 rings (SSSR count). The Balaban J connectivity index is 0.00000196. The number of aliphatic hydroxyl groups excluding tert-OH is 1. The van der Waals surface area contributed by atoms with Crippen molar-refractivity contribution in [3.05, 3.63) is 29.6 Å². The van der Waals surface area contributed by atoms with Crippen LogP contribution in [-0.4, -0.2) is 18.3 Å². The van der Waals surface area contributed by atoms with Gasteiger partial charge in [0.05, 0.1) is 19.3 Å². The van der Waals surface area contributed by atoms with Gasteiger partial charge in [-0.05, 0) is 25.1 Å². The van der Waals surface area contributed by atoms with Gasteiger partial charge in [0, 0.05) is 5.56 Å². The maximum Gasteiger partial charge on any atom is 0.128 e. The first-order valence-corrected chi connectivity index (χ1v) is 4.33. The van der Waals surface area contributed by atoms with Gasteiger partial charge in [-0.25, -0.2) is 4.39 Å². The molecule has 3 N–H and O–H groups in total. The summed E-state index contributed by atoms with van der Waals surface area (Å²) in [6, 6.07) is 3.54. The number of hydrogen-bond donors (Lipinski definition) is 2. The summed E-state index contributed by atoms with van der Waals surface area (Å²) in [5.74, 6) is 0.0942. The fourth-order valence-corrected chi connectivity index (χ4v) is 1.16.